The van der Waals surface area contributed by atoms with Crippen LogP contribution in [0.1, 0.15) is 15.9 Å². The van der Waals surface area contributed by atoms with E-state index in [4.69, 9.17) is 5.26 Å². The summed E-state index contributed by atoms with van der Waals surface area (Å²) < 4.78 is 27.1. The fourth-order valence-corrected chi connectivity index (χ4v) is 3.43. The maximum atomic E-state index is 12.5. The summed E-state index contributed by atoms with van der Waals surface area (Å²) in [5, 5.41) is 9.18. The Morgan fingerprint density at radius 3 is 2.50 bits per heavy atom. The van der Waals surface area contributed by atoms with Crippen LogP contribution in [0.2, 0.25) is 0 Å². The minimum Gasteiger partial charge on any atom is -0.268 e. The molecular weight excluding hydrogens is 326 g/mol. The molecule has 0 bridgehead atoms. The zero-order chi connectivity index (χ0) is 17.2. The summed E-state index contributed by atoms with van der Waals surface area (Å²) in [4.78, 5) is 16.3. The van der Waals surface area contributed by atoms with E-state index in [9.17, 15) is 13.2 Å². The molecule has 3 rings (SSSR count). The lowest BCUT2D eigenvalue weighted by Crippen LogP contribution is -2.30. The second kappa shape index (κ2) is 6.10. The molecule has 24 heavy (non-hydrogen) atoms. The number of rotatable bonds is 3. The molecule has 0 unspecified atom stereocenters. The Labute approximate surface area is 138 Å². The van der Waals surface area contributed by atoms with E-state index in [0.717, 1.165) is 0 Å². The second-order valence-corrected chi connectivity index (χ2v) is 6.60. The van der Waals surface area contributed by atoms with Crippen LogP contribution in [0, 0.1) is 11.3 Å². The van der Waals surface area contributed by atoms with E-state index < -0.39 is 15.9 Å². The van der Waals surface area contributed by atoms with E-state index in [0.29, 0.717) is 16.5 Å². The third kappa shape index (κ3) is 2.95. The normalized spacial score (nSPS) is 11.0. The molecule has 0 saturated heterocycles. The number of nitriles is 1. The van der Waals surface area contributed by atoms with Crippen LogP contribution in [0.15, 0.2) is 65.7 Å². The summed E-state index contributed by atoms with van der Waals surface area (Å²) in [7, 11) is -4.05. The largest absolute Gasteiger partial charge is 0.268 e. The van der Waals surface area contributed by atoms with Gasteiger partial charge >= 0.3 is 0 Å². The van der Waals surface area contributed by atoms with Gasteiger partial charge in [0, 0.05) is 17.1 Å². The monoisotopic (exact) mass is 337 g/mol. The molecule has 1 amide bonds. The number of benzene rings is 2. The van der Waals surface area contributed by atoms with Gasteiger partial charge in [-0.1, -0.05) is 6.07 Å². The van der Waals surface area contributed by atoms with Gasteiger partial charge < -0.3 is 0 Å². The van der Waals surface area contributed by atoms with Gasteiger partial charge in [0.1, 0.15) is 0 Å². The van der Waals surface area contributed by atoms with Crippen LogP contribution in [0.4, 0.5) is 0 Å². The van der Waals surface area contributed by atoms with E-state index in [-0.39, 0.29) is 10.5 Å². The smallest absolute Gasteiger partial charge is 0.264 e. The van der Waals surface area contributed by atoms with Gasteiger partial charge in [-0.3, -0.25) is 9.78 Å². The summed E-state index contributed by atoms with van der Waals surface area (Å²) in [5.41, 5.74) is 1.05. The summed E-state index contributed by atoms with van der Waals surface area (Å²) in [6, 6.07) is 15.5. The number of aromatic nitrogens is 1. The van der Waals surface area contributed by atoms with Crippen LogP contribution >= 0.6 is 0 Å². The molecule has 1 N–H and O–H groups in total. The van der Waals surface area contributed by atoms with Crippen LogP contribution in [0.25, 0.3) is 10.9 Å². The molecule has 1 heterocycles. The average Bonchev–Trinajstić information content (AvgIpc) is 2.61. The van der Waals surface area contributed by atoms with Gasteiger partial charge in [0.25, 0.3) is 15.9 Å². The molecule has 118 valence electrons. The maximum Gasteiger partial charge on any atom is 0.264 e. The minimum absolute atomic E-state index is 0.0184. The molecule has 0 aliphatic heterocycles. The molecule has 1 aromatic heterocycles. The number of hydrogen-bond donors (Lipinski definition) is 1. The molecule has 0 radical (unpaired) electrons. The van der Waals surface area contributed by atoms with Gasteiger partial charge in [0.05, 0.1) is 22.0 Å². The lowest BCUT2D eigenvalue weighted by molar-refractivity contribution is 0.0981. The third-order valence-corrected chi connectivity index (χ3v) is 4.79. The Morgan fingerprint density at radius 1 is 1.04 bits per heavy atom. The zero-order valence-electron chi connectivity index (χ0n) is 12.3. The van der Waals surface area contributed by atoms with Gasteiger partial charge in [-0.15, -0.1) is 0 Å². The SMILES string of the molecule is N#Cc1ccc(C(=O)NS(=O)(=O)c2cccc3ncccc23)cc1. The molecule has 0 saturated carbocycles. The van der Waals surface area contributed by atoms with Crippen molar-refractivity contribution in [1.29, 1.82) is 5.26 Å². The third-order valence-electron chi connectivity index (χ3n) is 3.40. The second-order valence-electron chi connectivity index (χ2n) is 4.95. The van der Waals surface area contributed by atoms with Crippen LogP contribution in [-0.2, 0) is 10.0 Å². The Morgan fingerprint density at radius 2 is 1.79 bits per heavy atom. The minimum atomic E-state index is -4.05. The Bertz CT molecular complexity index is 1060. The fourth-order valence-electron chi connectivity index (χ4n) is 2.24. The first-order chi connectivity index (χ1) is 11.5. The van der Waals surface area contributed by atoms with Crippen molar-refractivity contribution in [1.82, 2.24) is 9.71 Å². The van der Waals surface area contributed by atoms with E-state index >= 15 is 0 Å². The summed E-state index contributed by atoms with van der Waals surface area (Å²) in [5.74, 6) is -0.764. The number of pyridine rings is 1. The first-order valence-corrected chi connectivity index (χ1v) is 8.41. The van der Waals surface area contributed by atoms with Crippen molar-refractivity contribution in [2.24, 2.45) is 0 Å². The zero-order valence-corrected chi connectivity index (χ0v) is 13.1. The average molecular weight is 337 g/mol. The number of carbonyl (C=O) groups is 1. The number of fused-ring (bicyclic) bond motifs is 1. The van der Waals surface area contributed by atoms with Gasteiger partial charge in [-0.05, 0) is 48.5 Å². The van der Waals surface area contributed by atoms with Crippen molar-refractivity contribution in [3.05, 3.63) is 71.9 Å². The van der Waals surface area contributed by atoms with Crippen molar-refractivity contribution in [2.75, 3.05) is 0 Å². The molecule has 0 fully saturated rings. The summed E-state index contributed by atoms with van der Waals surface area (Å²) in [6.07, 6.45) is 1.56. The first kappa shape index (κ1) is 15.6. The summed E-state index contributed by atoms with van der Waals surface area (Å²) >= 11 is 0. The van der Waals surface area contributed by atoms with Crippen molar-refractivity contribution in [3.63, 3.8) is 0 Å². The van der Waals surface area contributed by atoms with Crippen molar-refractivity contribution in [2.45, 2.75) is 4.90 Å². The van der Waals surface area contributed by atoms with Crippen LogP contribution in [-0.4, -0.2) is 19.3 Å². The van der Waals surface area contributed by atoms with Crippen LogP contribution in [0.5, 0.6) is 0 Å². The molecule has 0 spiro atoms. The highest BCUT2D eigenvalue weighted by Gasteiger charge is 2.21. The van der Waals surface area contributed by atoms with Gasteiger partial charge in [0.15, 0.2) is 0 Å². The Kier molecular flexibility index (Phi) is 3.98. The highest BCUT2D eigenvalue weighted by molar-refractivity contribution is 7.90. The molecule has 0 aliphatic carbocycles. The van der Waals surface area contributed by atoms with Crippen molar-refractivity contribution in [3.8, 4) is 6.07 Å². The molecule has 7 heteroatoms. The van der Waals surface area contributed by atoms with Crippen molar-refractivity contribution < 1.29 is 13.2 Å². The van der Waals surface area contributed by atoms with Gasteiger partial charge in [-0.2, -0.15) is 5.26 Å². The lowest BCUT2D eigenvalue weighted by Gasteiger charge is -2.09. The van der Waals surface area contributed by atoms with Gasteiger partial charge in [0.2, 0.25) is 0 Å². The number of sulfonamides is 1. The first-order valence-electron chi connectivity index (χ1n) is 6.92. The quantitative estimate of drug-likeness (QED) is 0.790. The Hall–Kier alpha value is -3.24. The molecule has 6 nitrogen and oxygen atoms in total. The summed E-state index contributed by atoms with van der Waals surface area (Å²) in [6.45, 7) is 0. The number of carbonyl (C=O) groups excluding carboxylic acids is 1. The standard InChI is InChI=1S/C17H11N3O3S/c18-11-12-6-8-13(9-7-12)17(21)20-24(22,23)16-5-1-4-15-14(16)3-2-10-19-15/h1-10H,(H,20,21). The number of nitrogens with one attached hydrogen (secondary N) is 1. The predicted octanol–water partition coefficient (Wildman–Crippen LogP) is 2.23. The van der Waals surface area contributed by atoms with Gasteiger partial charge in [-0.25, -0.2) is 13.1 Å². The maximum absolute atomic E-state index is 12.5. The molecule has 2 aromatic carbocycles. The number of nitrogens with zero attached hydrogens (tertiary/aromatic N) is 2. The van der Waals surface area contributed by atoms with Crippen LogP contribution < -0.4 is 4.72 Å². The topological polar surface area (TPSA) is 99.9 Å². The molecule has 0 atom stereocenters. The van der Waals surface area contributed by atoms with Crippen molar-refractivity contribution >= 4 is 26.8 Å². The van der Waals surface area contributed by atoms with E-state index in [1.165, 1.54) is 30.3 Å². The van der Waals surface area contributed by atoms with Crippen LogP contribution in [0.3, 0.4) is 0 Å². The molecule has 0 aliphatic rings. The lowest BCUT2D eigenvalue weighted by atomic mass is 10.1. The number of amides is 1. The fraction of sp³-hybridized carbons (Fsp3) is 0. The predicted molar refractivity (Wildman–Crippen MR) is 87.6 cm³/mol. The van der Waals surface area contributed by atoms with E-state index in [1.807, 2.05) is 10.8 Å². The Balaban J connectivity index is 1.95. The molecular formula is C17H11N3O3S. The molecule has 3 aromatic rings. The van der Waals surface area contributed by atoms with E-state index in [1.54, 1.807) is 30.5 Å². The number of hydrogen-bond acceptors (Lipinski definition) is 5. The highest BCUT2D eigenvalue weighted by atomic mass is 32.2. The highest BCUT2D eigenvalue weighted by Crippen LogP contribution is 2.21. The van der Waals surface area contributed by atoms with E-state index in [2.05, 4.69) is 4.98 Å².